The minimum Gasteiger partial charge on any atom is -0.368 e. The number of carbonyl (C=O) groups is 1. The van der Waals surface area contributed by atoms with E-state index >= 15 is 0 Å². The number of carbonyl (C=O) groups excluding carboxylic acids is 1. The molecular formula is C23H29N4OP. The largest absolute Gasteiger partial charge is 0.368 e. The zero-order valence-corrected chi connectivity index (χ0v) is 18.6. The minimum atomic E-state index is -0.401. The monoisotopic (exact) mass is 408 g/mol. The van der Waals surface area contributed by atoms with E-state index in [0.29, 0.717) is 17.5 Å². The number of nitrogens with zero attached hydrogens (tertiary/aromatic N) is 2. The van der Waals surface area contributed by atoms with Crippen molar-refractivity contribution in [2.45, 2.75) is 39.7 Å². The van der Waals surface area contributed by atoms with Crippen LogP contribution in [-0.4, -0.2) is 41.5 Å². The van der Waals surface area contributed by atoms with Gasteiger partial charge in [0.25, 0.3) is 5.91 Å². The maximum absolute atomic E-state index is 12.1. The number of nitrogens with two attached hydrogens (primary N) is 1. The van der Waals surface area contributed by atoms with Crippen molar-refractivity contribution >= 4 is 37.0 Å². The van der Waals surface area contributed by atoms with Crippen molar-refractivity contribution in [2.24, 2.45) is 11.7 Å². The molecule has 2 aromatic rings. The van der Waals surface area contributed by atoms with E-state index in [2.05, 4.69) is 49.4 Å². The van der Waals surface area contributed by atoms with Gasteiger partial charge >= 0.3 is 0 Å². The third-order valence-corrected chi connectivity index (χ3v) is 7.00. The lowest BCUT2D eigenvalue weighted by atomic mass is 9.92. The summed E-state index contributed by atoms with van der Waals surface area (Å²) in [5.74, 6) is 6.34. The van der Waals surface area contributed by atoms with Crippen LogP contribution >= 0.6 is 9.24 Å². The van der Waals surface area contributed by atoms with Crippen molar-refractivity contribution in [1.82, 2.24) is 9.88 Å². The molecule has 3 unspecified atom stereocenters. The molecule has 3 heterocycles. The quantitative estimate of drug-likeness (QED) is 0.606. The van der Waals surface area contributed by atoms with Crippen molar-refractivity contribution in [2.75, 3.05) is 24.5 Å². The van der Waals surface area contributed by atoms with Gasteiger partial charge in [-0.3, -0.25) is 4.79 Å². The summed E-state index contributed by atoms with van der Waals surface area (Å²) < 4.78 is 0. The number of amides is 1. The Labute approximate surface area is 174 Å². The molecule has 29 heavy (non-hydrogen) atoms. The van der Waals surface area contributed by atoms with E-state index in [9.17, 15) is 4.79 Å². The Morgan fingerprint density at radius 3 is 2.83 bits per heavy atom. The topological polar surface area (TPSA) is 65.4 Å². The number of anilines is 1. The van der Waals surface area contributed by atoms with Crippen molar-refractivity contribution in [3.8, 4) is 11.8 Å². The van der Waals surface area contributed by atoms with E-state index in [-0.39, 0.29) is 0 Å². The van der Waals surface area contributed by atoms with Gasteiger partial charge in [0.2, 0.25) is 0 Å². The number of primary amides is 1. The van der Waals surface area contributed by atoms with E-state index in [1.165, 1.54) is 24.1 Å². The molecule has 2 fully saturated rings. The number of fused-ring (bicyclic) bond motifs is 2. The number of hydrogen-bond acceptors (Lipinski definition) is 3. The van der Waals surface area contributed by atoms with Crippen LogP contribution in [0.2, 0.25) is 0 Å². The van der Waals surface area contributed by atoms with Crippen molar-refractivity contribution in [3.05, 3.63) is 35.2 Å². The summed E-state index contributed by atoms with van der Waals surface area (Å²) in [7, 11) is 2.82. The number of hydrogen-bond donors (Lipinski definition) is 2. The molecule has 1 amide bonds. The normalized spacial score (nSPS) is 21.1. The van der Waals surface area contributed by atoms with Crippen LogP contribution in [0.5, 0.6) is 0 Å². The van der Waals surface area contributed by atoms with E-state index < -0.39 is 5.91 Å². The van der Waals surface area contributed by atoms with E-state index in [4.69, 9.17) is 5.73 Å². The molecule has 0 aliphatic carbocycles. The minimum absolute atomic E-state index is 0.401. The molecule has 2 aliphatic rings. The van der Waals surface area contributed by atoms with Crippen LogP contribution in [-0.2, 0) is 0 Å². The van der Waals surface area contributed by atoms with Crippen LogP contribution in [0.15, 0.2) is 18.3 Å². The lowest BCUT2D eigenvalue weighted by molar-refractivity contribution is 0.100. The fourth-order valence-electron chi connectivity index (χ4n) is 5.11. The van der Waals surface area contributed by atoms with Crippen molar-refractivity contribution < 1.29 is 4.79 Å². The number of benzene rings is 1. The Kier molecular flexibility index (Phi) is 5.09. The molecule has 1 aromatic carbocycles. The van der Waals surface area contributed by atoms with E-state index in [1.807, 2.05) is 19.9 Å². The lowest BCUT2D eigenvalue weighted by Gasteiger charge is -2.38. The molecule has 0 radical (unpaired) electrons. The van der Waals surface area contributed by atoms with Gasteiger partial charge in [-0.1, -0.05) is 18.4 Å². The maximum Gasteiger partial charge on any atom is 0.250 e. The summed E-state index contributed by atoms with van der Waals surface area (Å²) in [6, 6.07) is 2.33. The number of H-pyrrole nitrogens is 1. The van der Waals surface area contributed by atoms with Crippen molar-refractivity contribution in [3.63, 3.8) is 0 Å². The van der Waals surface area contributed by atoms with Crippen LogP contribution in [0.1, 0.15) is 41.4 Å². The second-order valence-electron chi connectivity index (χ2n) is 8.24. The molecule has 152 valence electrons. The third kappa shape index (κ3) is 3.20. The van der Waals surface area contributed by atoms with Gasteiger partial charge in [0.15, 0.2) is 0 Å². The van der Waals surface area contributed by atoms with Gasteiger partial charge in [0.1, 0.15) is 0 Å². The molecule has 6 heteroatoms. The fourth-order valence-corrected chi connectivity index (χ4v) is 5.60. The summed E-state index contributed by atoms with van der Waals surface area (Å²) >= 11 is 0. The first-order chi connectivity index (χ1) is 13.8. The molecular weight excluding hydrogens is 379 g/mol. The van der Waals surface area contributed by atoms with Crippen molar-refractivity contribution in [1.29, 1.82) is 0 Å². The van der Waals surface area contributed by atoms with E-state index in [1.54, 1.807) is 0 Å². The Balaban J connectivity index is 1.79. The van der Waals surface area contributed by atoms with Gasteiger partial charge in [0, 0.05) is 30.7 Å². The molecule has 4 rings (SSSR count). The number of nitrogens with one attached hydrogen (secondary N) is 1. The van der Waals surface area contributed by atoms with E-state index in [0.717, 1.165) is 47.2 Å². The number of piperidine rings is 1. The fraction of sp³-hybridized carbons (Fsp3) is 0.435. The number of likely N-dealkylation sites (tertiary alicyclic amines) is 1. The number of allylic oxidation sites excluding steroid dienone is 1. The Bertz CT molecular complexity index is 1070. The number of aromatic nitrogens is 1. The summed E-state index contributed by atoms with van der Waals surface area (Å²) in [5.41, 5.74) is 11.4. The maximum atomic E-state index is 12.1. The zero-order chi connectivity index (χ0) is 20.9. The average Bonchev–Trinajstić information content (AvgIpc) is 3.23. The number of aryl methyl sites for hydroxylation is 2. The molecule has 1 aromatic heterocycles. The predicted octanol–water partition coefficient (Wildman–Crippen LogP) is 2.82. The average molecular weight is 408 g/mol. The standard InChI is InChI=1S/C23H29N4OP/c1-5-7-13(2)27-9-6-8-16-11-26(12-18(16)27)22-19(29)10-17(23(24)28)21-20(22)14(3)15(4)25-21/h10,16,18,25H,2,6,8-9,11-12,29H2,1,3-4H3,(H2,24,28). The van der Waals surface area contributed by atoms with Crippen LogP contribution in [0.4, 0.5) is 5.69 Å². The molecule has 0 spiro atoms. The smallest absolute Gasteiger partial charge is 0.250 e. The van der Waals surface area contributed by atoms with Gasteiger partial charge in [-0.2, -0.15) is 0 Å². The summed E-state index contributed by atoms with van der Waals surface area (Å²) in [6.07, 6.45) is 2.40. The molecule has 5 nitrogen and oxygen atoms in total. The van der Waals surface area contributed by atoms with Gasteiger partial charge in [-0.15, -0.1) is 9.24 Å². The highest BCUT2D eigenvalue weighted by atomic mass is 31.0. The SMILES string of the molecule is C=C(C#CC)N1CCCC2CN(c3c(P)cc(C(N)=O)c4[nH]c(C)c(C)c34)CC21. The Morgan fingerprint density at radius 1 is 1.38 bits per heavy atom. The van der Waals surface area contributed by atoms with Crippen LogP contribution in [0.25, 0.3) is 10.9 Å². The highest BCUT2D eigenvalue weighted by molar-refractivity contribution is 7.28. The molecule has 0 bridgehead atoms. The highest BCUT2D eigenvalue weighted by Gasteiger charge is 2.40. The Hall–Kier alpha value is -2.44. The zero-order valence-electron chi connectivity index (χ0n) is 17.4. The molecule has 2 saturated heterocycles. The van der Waals surface area contributed by atoms with Gasteiger partial charge in [-0.05, 0) is 56.5 Å². The number of aromatic amines is 1. The lowest BCUT2D eigenvalue weighted by Crippen LogP contribution is -2.44. The van der Waals surface area contributed by atoms with Gasteiger partial charge in [0.05, 0.1) is 28.5 Å². The first-order valence-electron chi connectivity index (χ1n) is 10.2. The second-order valence-corrected chi connectivity index (χ2v) is 8.86. The van der Waals surface area contributed by atoms with Crippen LogP contribution in [0, 0.1) is 31.6 Å². The third-order valence-electron chi connectivity index (χ3n) is 6.56. The molecule has 3 atom stereocenters. The van der Waals surface area contributed by atoms with Gasteiger partial charge < -0.3 is 20.5 Å². The van der Waals surface area contributed by atoms with Crippen LogP contribution < -0.4 is 15.9 Å². The first kappa shape index (κ1) is 19.9. The summed E-state index contributed by atoms with van der Waals surface area (Å²) in [4.78, 5) is 20.3. The molecule has 0 saturated carbocycles. The number of rotatable bonds is 3. The van der Waals surface area contributed by atoms with Crippen LogP contribution in [0.3, 0.4) is 0 Å². The molecule has 2 aliphatic heterocycles. The summed E-state index contributed by atoms with van der Waals surface area (Å²) in [6.45, 7) is 13.2. The van der Waals surface area contributed by atoms with Gasteiger partial charge in [-0.25, -0.2) is 0 Å². The first-order valence-corrected chi connectivity index (χ1v) is 10.8. The molecule has 3 N–H and O–H groups in total. The highest BCUT2D eigenvalue weighted by Crippen LogP contribution is 2.39. The Morgan fingerprint density at radius 2 is 2.14 bits per heavy atom. The predicted molar refractivity (Wildman–Crippen MR) is 124 cm³/mol. The second kappa shape index (κ2) is 7.43. The summed E-state index contributed by atoms with van der Waals surface area (Å²) in [5, 5.41) is 2.13.